The Balaban J connectivity index is 1.60. The van der Waals surface area contributed by atoms with Gasteiger partial charge in [-0.1, -0.05) is 30.3 Å². The third-order valence-corrected chi connectivity index (χ3v) is 5.08. The number of amides is 2. The molecule has 3 rings (SSSR count). The number of hydrogen-bond acceptors (Lipinski definition) is 5. The minimum absolute atomic E-state index is 0.0407. The molecule has 1 heterocycles. The van der Waals surface area contributed by atoms with Crippen LogP contribution in [0.2, 0.25) is 0 Å². The highest BCUT2D eigenvalue weighted by molar-refractivity contribution is 5.95. The van der Waals surface area contributed by atoms with Gasteiger partial charge in [0.1, 0.15) is 17.8 Å². The first kappa shape index (κ1) is 22.6. The lowest BCUT2D eigenvalue weighted by molar-refractivity contribution is -0.115. The summed E-state index contributed by atoms with van der Waals surface area (Å²) in [5, 5.41) is 14.6. The molecule has 0 aliphatic carbocycles. The van der Waals surface area contributed by atoms with Crippen molar-refractivity contribution in [1.82, 2.24) is 15.3 Å². The van der Waals surface area contributed by atoms with Crippen molar-refractivity contribution in [3.05, 3.63) is 87.9 Å². The second-order valence-corrected chi connectivity index (χ2v) is 7.57. The van der Waals surface area contributed by atoms with E-state index in [4.69, 9.17) is 5.11 Å². The summed E-state index contributed by atoms with van der Waals surface area (Å²) in [6.45, 7) is 6.08. The second-order valence-electron chi connectivity index (χ2n) is 7.57. The van der Waals surface area contributed by atoms with E-state index in [-0.39, 0.29) is 35.3 Å². The molecule has 0 bridgehead atoms. The van der Waals surface area contributed by atoms with Crippen molar-refractivity contribution in [2.45, 2.75) is 33.7 Å². The van der Waals surface area contributed by atoms with Crippen molar-refractivity contribution in [3.63, 3.8) is 0 Å². The van der Waals surface area contributed by atoms with Gasteiger partial charge in [0, 0.05) is 12.6 Å². The number of carboxylic acid groups (broad SMARTS) is 1. The number of nitrogens with one attached hydrogen (secondary N) is 2. The predicted octanol–water partition coefficient (Wildman–Crippen LogP) is 3.21. The highest BCUT2D eigenvalue weighted by atomic mass is 16.4. The number of rotatable bonds is 7. The van der Waals surface area contributed by atoms with Crippen LogP contribution in [0, 0.1) is 20.8 Å². The van der Waals surface area contributed by atoms with Crippen molar-refractivity contribution in [1.29, 1.82) is 0 Å². The van der Waals surface area contributed by atoms with Gasteiger partial charge in [-0.25, -0.2) is 14.8 Å². The lowest BCUT2D eigenvalue weighted by Crippen LogP contribution is -2.24. The van der Waals surface area contributed by atoms with E-state index in [9.17, 15) is 14.4 Å². The van der Waals surface area contributed by atoms with Gasteiger partial charge in [-0.15, -0.1) is 0 Å². The Morgan fingerprint density at radius 2 is 1.59 bits per heavy atom. The molecule has 1 aromatic heterocycles. The standard InChI is InChI=1S/C24H24N4O4/c1-14-4-5-18(8-15(14)2)12-25-23(30)20-11-21(27-13-26-20)28-22(29)10-17-6-7-19(24(31)32)16(3)9-17/h4-9,11,13H,10,12H2,1-3H3,(H,25,30)(H,31,32)(H,26,27,28,29). The molecular weight excluding hydrogens is 408 g/mol. The van der Waals surface area contributed by atoms with Crippen LogP contribution in [0.4, 0.5) is 5.82 Å². The molecule has 32 heavy (non-hydrogen) atoms. The summed E-state index contributed by atoms with van der Waals surface area (Å²) in [4.78, 5) is 43.9. The first-order valence-electron chi connectivity index (χ1n) is 10.0. The minimum Gasteiger partial charge on any atom is -0.478 e. The van der Waals surface area contributed by atoms with Gasteiger partial charge in [-0.3, -0.25) is 9.59 Å². The first-order chi connectivity index (χ1) is 15.2. The predicted molar refractivity (Wildman–Crippen MR) is 120 cm³/mol. The molecule has 2 amide bonds. The summed E-state index contributed by atoms with van der Waals surface area (Å²) in [5.41, 5.74) is 4.90. The zero-order valence-electron chi connectivity index (χ0n) is 18.1. The summed E-state index contributed by atoms with van der Waals surface area (Å²) in [6, 6.07) is 12.1. The second kappa shape index (κ2) is 9.82. The Morgan fingerprint density at radius 1 is 0.875 bits per heavy atom. The normalized spacial score (nSPS) is 10.5. The van der Waals surface area contributed by atoms with Crippen LogP contribution in [0.3, 0.4) is 0 Å². The Kier molecular flexibility index (Phi) is 6.94. The number of carbonyl (C=O) groups excluding carboxylic acids is 2. The van der Waals surface area contributed by atoms with Gasteiger partial charge in [-0.05, 0) is 54.7 Å². The van der Waals surface area contributed by atoms with Crippen molar-refractivity contribution in [3.8, 4) is 0 Å². The molecule has 0 saturated heterocycles. The average molecular weight is 432 g/mol. The van der Waals surface area contributed by atoms with Gasteiger partial charge >= 0.3 is 5.97 Å². The zero-order chi connectivity index (χ0) is 23.3. The molecule has 0 fully saturated rings. The van der Waals surface area contributed by atoms with E-state index in [1.165, 1.54) is 24.0 Å². The summed E-state index contributed by atoms with van der Waals surface area (Å²) < 4.78 is 0. The molecule has 2 aromatic carbocycles. The number of aromatic carboxylic acids is 1. The van der Waals surface area contributed by atoms with Gasteiger partial charge in [-0.2, -0.15) is 0 Å². The largest absolute Gasteiger partial charge is 0.478 e. The highest BCUT2D eigenvalue weighted by Gasteiger charge is 2.12. The molecule has 3 N–H and O–H groups in total. The molecule has 0 aliphatic rings. The summed E-state index contributed by atoms with van der Waals surface area (Å²) >= 11 is 0. The molecule has 8 nitrogen and oxygen atoms in total. The van der Waals surface area contributed by atoms with Crippen molar-refractivity contribution < 1.29 is 19.5 Å². The van der Waals surface area contributed by atoms with Crippen LogP contribution in [0.5, 0.6) is 0 Å². The fourth-order valence-corrected chi connectivity index (χ4v) is 3.18. The molecule has 0 unspecified atom stereocenters. The van der Waals surface area contributed by atoms with Crippen LogP contribution in [0.25, 0.3) is 0 Å². The number of carbonyl (C=O) groups is 3. The third-order valence-electron chi connectivity index (χ3n) is 5.08. The maximum absolute atomic E-state index is 12.5. The van der Waals surface area contributed by atoms with Crippen molar-refractivity contribution >= 4 is 23.6 Å². The number of aromatic nitrogens is 2. The SMILES string of the molecule is Cc1ccc(CNC(=O)c2cc(NC(=O)Cc3ccc(C(=O)O)c(C)c3)ncn2)cc1C. The molecule has 164 valence electrons. The lowest BCUT2D eigenvalue weighted by atomic mass is 10.0. The van der Waals surface area contributed by atoms with Gasteiger partial charge < -0.3 is 15.7 Å². The molecule has 0 spiro atoms. The molecule has 3 aromatic rings. The molecule has 0 saturated carbocycles. The van der Waals surface area contributed by atoms with E-state index in [2.05, 4.69) is 20.6 Å². The molecule has 0 radical (unpaired) electrons. The highest BCUT2D eigenvalue weighted by Crippen LogP contribution is 2.13. The number of aryl methyl sites for hydroxylation is 3. The molecule has 0 aliphatic heterocycles. The summed E-state index contributed by atoms with van der Waals surface area (Å²) in [5.74, 6) is -1.52. The minimum atomic E-state index is -1.01. The molecular formula is C24H24N4O4. The van der Waals surface area contributed by atoms with Crippen LogP contribution < -0.4 is 10.6 Å². The van der Waals surface area contributed by atoms with E-state index in [0.717, 1.165) is 11.1 Å². The topological polar surface area (TPSA) is 121 Å². The van der Waals surface area contributed by atoms with Crippen molar-refractivity contribution in [2.75, 3.05) is 5.32 Å². The number of carboxylic acids is 1. The Labute approximate surface area is 185 Å². The monoisotopic (exact) mass is 432 g/mol. The van der Waals surface area contributed by atoms with E-state index < -0.39 is 5.97 Å². The van der Waals surface area contributed by atoms with Crippen molar-refractivity contribution in [2.24, 2.45) is 0 Å². The Hall–Kier alpha value is -4.07. The van der Waals surface area contributed by atoms with Gasteiger partial charge in [0.25, 0.3) is 5.91 Å². The quantitative estimate of drug-likeness (QED) is 0.527. The maximum atomic E-state index is 12.5. The number of hydrogen-bond donors (Lipinski definition) is 3. The number of benzene rings is 2. The fraction of sp³-hybridized carbons (Fsp3) is 0.208. The summed E-state index contributed by atoms with van der Waals surface area (Å²) in [6.07, 6.45) is 1.26. The lowest BCUT2D eigenvalue weighted by Gasteiger charge is -2.09. The van der Waals surface area contributed by atoms with Gasteiger partial charge in [0.15, 0.2) is 0 Å². The zero-order valence-corrected chi connectivity index (χ0v) is 18.1. The van der Waals surface area contributed by atoms with Crippen LogP contribution in [0.1, 0.15) is 48.7 Å². The van der Waals surface area contributed by atoms with E-state index in [1.807, 2.05) is 32.0 Å². The average Bonchev–Trinajstić information content (AvgIpc) is 2.74. The maximum Gasteiger partial charge on any atom is 0.335 e. The van der Waals surface area contributed by atoms with E-state index >= 15 is 0 Å². The fourth-order valence-electron chi connectivity index (χ4n) is 3.18. The van der Waals surface area contributed by atoms with Crippen LogP contribution >= 0.6 is 0 Å². The van der Waals surface area contributed by atoms with Gasteiger partial charge in [0.2, 0.25) is 5.91 Å². The number of nitrogens with zero attached hydrogens (tertiary/aromatic N) is 2. The van der Waals surface area contributed by atoms with Gasteiger partial charge in [0.05, 0.1) is 12.0 Å². The third kappa shape index (κ3) is 5.75. The molecule has 8 heteroatoms. The van der Waals surface area contributed by atoms with Crippen LogP contribution in [-0.2, 0) is 17.8 Å². The molecule has 0 atom stereocenters. The smallest absolute Gasteiger partial charge is 0.335 e. The van der Waals surface area contributed by atoms with E-state index in [0.29, 0.717) is 17.7 Å². The Bertz CT molecular complexity index is 1190. The Morgan fingerprint density at radius 3 is 2.28 bits per heavy atom. The van der Waals surface area contributed by atoms with E-state index in [1.54, 1.807) is 19.1 Å². The summed E-state index contributed by atoms with van der Waals surface area (Å²) in [7, 11) is 0. The first-order valence-corrected chi connectivity index (χ1v) is 10.0. The van der Waals surface area contributed by atoms with Crippen LogP contribution in [-0.4, -0.2) is 32.9 Å². The number of anilines is 1. The van der Waals surface area contributed by atoms with Crippen LogP contribution in [0.15, 0.2) is 48.8 Å².